The minimum Gasteiger partial charge on any atom is -0.475 e. The molecule has 0 radical (unpaired) electrons. The molecule has 2 fully saturated rings. The molecule has 2 saturated heterocycles. The second-order valence-corrected chi connectivity index (χ2v) is 8.05. The molecule has 2 aliphatic heterocycles. The van der Waals surface area contributed by atoms with E-state index in [2.05, 4.69) is 24.1 Å². The van der Waals surface area contributed by atoms with Crippen LogP contribution in [0.15, 0.2) is 23.0 Å². The first kappa shape index (κ1) is 23.2. The minimum atomic E-state index is -5.08. The Labute approximate surface area is 167 Å². The van der Waals surface area contributed by atoms with Gasteiger partial charge in [0, 0.05) is 49.5 Å². The number of nitrogens with zero attached hydrogens (tertiary/aromatic N) is 1. The third-order valence-electron chi connectivity index (χ3n) is 5.05. The summed E-state index contributed by atoms with van der Waals surface area (Å²) < 4.78 is 42.6. The number of carbonyl (C=O) groups is 2. The highest BCUT2D eigenvalue weighted by Crippen LogP contribution is 2.41. The van der Waals surface area contributed by atoms with Crippen LogP contribution in [-0.2, 0) is 20.9 Å². The summed E-state index contributed by atoms with van der Waals surface area (Å²) in [5.41, 5.74) is 1.29. The second kappa shape index (κ2) is 9.62. The van der Waals surface area contributed by atoms with Crippen LogP contribution in [0.2, 0.25) is 0 Å². The first-order valence-corrected chi connectivity index (χ1v) is 9.40. The fourth-order valence-electron chi connectivity index (χ4n) is 3.67. The number of hydrogen-bond donors (Lipinski definition) is 2. The quantitative estimate of drug-likeness (QED) is 0.735. The molecule has 3 heterocycles. The van der Waals surface area contributed by atoms with E-state index in [1.807, 2.05) is 12.3 Å². The van der Waals surface area contributed by atoms with Gasteiger partial charge in [0.1, 0.15) is 0 Å². The van der Waals surface area contributed by atoms with Gasteiger partial charge in [-0.05, 0) is 12.0 Å². The number of fused-ring (bicyclic) bond motifs is 1. The second-order valence-electron chi connectivity index (χ2n) is 8.05. The Bertz CT molecular complexity index is 678. The lowest BCUT2D eigenvalue weighted by molar-refractivity contribution is -0.192. The van der Waals surface area contributed by atoms with Crippen molar-refractivity contribution in [3.05, 3.63) is 24.2 Å². The highest BCUT2D eigenvalue weighted by molar-refractivity contribution is 5.76. The number of alkyl halides is 3. The van der Waals surface area contributed by atoms with Gasteiger partial charge in [0.15, 0.2) is 0 Å². The summed E-state index contributed by atoms with van der Waals surface area (Å²) >= 11 is 0. The Morgan fingerprint density at radius 2 is 2.10 bits per heavy atom. The Morgan fingerprint density at radius 3 is 2.66 bits per heavy atom. The number of rotatable bonds is 6. The van der Waals surface area contributed by atoms with Crippen LogP contribution < -0.4 is 5.32 Å². The number of nitrogens with one attached hydrogen (secondary N) is 1. The van der Waals surface area contributed by atoms with E-state index < -0.39 is 12.1 Å². The lowest BCUT2D eigenvalue weighted by atomic mass is 9.81. The largest absolute Gasteiger partial charge is 0.490 e. The Balaban J connectivity index is 0.000000370. The van der Waals surface area contributed by atoms with E-state index in [1.165, 1.54) is 5.56 Å². The highest BCUT2D eigenvalue weighted by atomic mass is 19.4. The molecule has 3 rings (SSSR count). The van der Waals surface area contributed by atoms with Gasteiger partial charge in [-0.3, -0.25) is 9.69 Å². The molecule has 0 bridgehead atoms. The molecular weight excluding hydrogens is 393 g/mol. The lowest BCUT2D eigenvalue weighted by Gasteiger charge is -2.27. The number of carbonyl (C=O) groups excluding carboxylic acids is 1. The van der Waals surface area contributed by atoms with Crippen molar-refractivity contribution >= 4 is 11.9 Å². The monoisotopic (exact) mass is 420 g/mol. The fourth-order valence-corrected chi connectivity index (χ4v) is 3.67. The third-order valence-corrected chi connectivity index (χ3v) is 5.05. The molecule has 0 saturated carbocycles. The van der Waals surface area contributed by atoms with Gasteiger partial charge < -0.3 is 19.6 Å². The maximum atomic E-state index is 12.0. The topological polar surface area (TPSA) is 92.0 Å². The molecule has 7 nitrogen and oxygen atoms in total. The maximum absolute atomic E-state index is 12.0. The molecule has 164 valence electrons. The summed E-state index contributed by atoms with van der Waals surface area (Å²) in [5.74, 6) is -1.69. The first-order valence-electron chi connectivity index (χ1n) is 9.40. The molecule has 0 spiro atoms. The zero-order valence-electron chi connectivity index (χ0n) is 16.5. The summed E-state index contributed by atoms with van der Waals surface area (Å²) in [4.78, 5) is 23.3. The highest BCUT2D eigenvalue weighted by Gasteiger charge is 2.50. The smallest absolute Gasteiger partial charge is 0.475 e. The zero-order valence-corrected chi connectivity index (χ0v) is 16.5. The normalized spacial score (nSPS) is 24.1. The van der Waals surface area contributed by atoms with Crippen molar-refractivity contribution in [2.75, 3.05) is 32.8 Å². The maximum Gasteiger partial charge on any atom is 0.490 e. The van der Waals surface area contributed by atoms with E-state index in [1.54, 1.807) is 6.26 Å². The molecule has 2 atom stereocenters. The van der Waals surface area contributed by atoms with Crippen molar-refractivity contribution in [2.24, 2.45) is 17.3 Å². The Kier molecular flexibility index (Phi) is 7.70. The molecule has 0 unspecified atom stereocenters. The molecule has 0 aliphatic carbocycles. The molecule has 10 heteroatoms. The summed E-state index contributed by atoms with van der Waals surface area (Å²) in [5, 5.41) is 10.3. The lowest BCUT2D eigenvalue weighted by Crippen LogP contribution is -2.43. The molecule has 0 aromatic carbocycles. The number of carboxylic acid groups (broad SMARTS) is 1. The number of ether oxygens (including phenoxy) is 1. The number of carboxylic acids is 1. The van der Waals surface area contributed by atoms with E-state index in [9.17, 15) is 18.0 Å². The number of aliphatic carboxylic acids is 1. The summed E-state index contributed by atoms with van der Waals surface area (Å²) in [7, 11) is 0. The Morgan fingerprint density at radius 1 is 1.41 bits per heavy atom. The van der Waals surface area contributed by atoms with Crippen LogP contribution in [0.25, 0.3) is 0 Å². The van der Waals surface area contributed by atoms with Gasteiger partial charge in [0.25, 0.3) is 0 Å². The van der Waals surface area contributed by atoms with Crippen molar-refractivity contribution in [3.63, 3.8) is 0 Å². The summed E-state index contributed by atoms with van der Waals surface area (Å²) in [6.07, 6.45) is -0.959. The van der Waals surface area contributed by atoms with Crippen molar-refractivity contribution in [2.45, 2.75) is 33.0 Å². The van der Waals surface area contributed by atoms with Gasteiger partial charge in [-0.2, -0.15) is 13.2 Å². The van der Waals surface area contributed by atoms with E-state index in [0.717, 1.165) is 39.4 Å². The average molecular weight is 420 g/mol. The van der Waals surface area contributed by atoms with Gasteiger partial charge in [-0.1, -0.05) is 13.8 Å². The predicted octanol–water partition coefficient (Wildman–Crippen LogP) is 2.52. The van der Waals surface area contributed by atoms with Crippen molar-refractivity contribution in [1.82, 2.24) is 10.2 Å². The van der Waals surface area contributed by atoms with Crippen molar-refractivity contribution in [3.8, 4) is 0 Å². The van der Waals surface area contributed by atoms with Crippen LogP contribution in [0.5, 0.6) is 0 Å². The van der Waals surface area contributed by atoms with Crippen LogP contribution >= 0.6 is 0 Å². The van der Waals surface area contributed by atoms with Crippen LogP contribution in [0, 0.1) is 17.3 Å². The molecule has 2 N–H and O–H groups in total. The summed E-state index contributed by atoms with van der Waals surface area (Å²) in [6.45, 7) is 9.35. The van der Waals surface area contributed by atoms with Crippen LogP contribution in [0.1, 0.15) is 25.8 Å². The number of amides is 1. The fraction of sp³-hybridized carbons (Fsp3) is 0.684. The third kappa shape index (κ3) is 6.74. The molecule has 29 heavy (non-hydrogen) atoms. The summed E-state index contributed by atoms with van der Waals surface area (Å²) in [6, 6.07) is 2.02. The van der Waals surface area contributed by atoms with Gasteiger partial charge in [-0.15, -0.1) is 0 Å². The van der Waals surface area contributed by atoms with Crippen molar-refractivity contribution < 1.29 is 37.0 Å². The molecule has 1 amide bonds. The average Bonchev–Trinajstić information content (AvgIpc) is 3.28. The van der Waals surface area contributed by atoms with Gasteiger partial charge in [0.05, 0.1) is 25.7 Å². The molecular formula is C19H27F3N2O5. The molecule has 1 aromatic heterocycles. The predicted molar refractivity (Wildman–Crippen MR) is 96.9 cm³/mol. The number of furan rings is 1. The van der Waals surface area contributed by atoms with E-state index in [0.29, 0.717) is 18.3 Å². The van der Waals surface area contributed by atoms with Gasteiger partial charge >= 0.3 is 12.1 Å². The van der Waals surface area contributed by atoms with E-state index in [-0.39, 0.29) is 11.3 Å². The Hall–Kier alpha value is -2.07. The van der Waals surface area contributed by atoms with Crippen LogP contribution in [0.3, 0.4) is 0 Å². The van der Waals surface area contributed by atoms with Crippen LogP contribution in [-0.4, -0.2) is 60.9 Å². The van der Waals surface area contributed by atoms with E-state index >= 15 is 0 Å². The van der Waals surface area contributed by atoms with E-state index in [4.69, 9.17) is 19.1 Å². The SMILES string of the molecule is CC(C)CC(=O)NC[C@]12COC[C@H]1CN(Cc1ccoc1)C2.O=C(O)C(F)(F)F. The number of likely N-dealkylation sites (tertiary alicyclic amines) is 1. The van der Waals surface area contributed by atoms with Crippen molar-refractivity contribution in [1.29, 1.82) is 0 Å². The first-order chi connectivity index (χ1) is 13.5. The van der Waals surface area contributed by atoms with Gasteiger partial charge in [0.2, 0.25) is 5.91 Å². The minimum absolute atomic E-state index is 0.0797. The number of hydrogen-bond acceptors (Lipinski definition) is 5. The number of halogens is 3. The standard InChI is InChI=1S/C17H26N2O3.C2HF3O2/c1-13(2)5-16(20)18-10-17-11-19(6-14-3-4-21-8-14)7-15(17)9-22-12-17;3-2(4,5)1(6)7/h3-4,8,13,15H,5-7,9-12H2,1-2H3,(H,18,20);(H,6,7)/t15-,17+;/m1./s1. The molecule has 2 aliphatic rings. The van der Waals surface area contributed by atoms with Crippen LogP contribution in [0.4, 0.5) is 13.2 Å². The van der Waals surface area contributed by atoms with Gasteiger partial charge in [-0.25, -0.2) is 4.79 Å². The zero-order chi connectivity index (χ0) is 21.7. The molecule has 1 aromatic rings.